The van der Waals surface area contributed by atoms with Crippen molar-refractivity contribution < 1.29 is 14.3 Å². The largest absolute Gasteiger partial charge is 0.465 e. The van der Waals surface area contributed by atoms with Gasteiger partial charge in [0.2, 0.25) is 0 Å². The van der Waals surface area contributed by atoms with Crippen LogP contribution in [0.25, 0.3) is 0 Å². The molecule has 0 saturated carbocycles. The summed E-state index contributed by atoms with van der Waals surface area (Å²) < 4.78 is 10.3. The minimum absolute atomic E-state index is 0.210. The highest BCUT2D eigenvalue weighted by Crippen LogP contribution is 2.25. The van der Waals surface area contributed by atoms with Gasteiger partial charge in [-0.2, -0.15) is 0 Å². The second-order valence-corrected chi connectivity index (χ2v) is 5.06. The maximum absolute atomic E-state index is 11.7. The van der Waals surface area contributed by atoms with Gasteiger partial charge < -0.3 is 20.1 Å². The van der Waals surface area contributed by atoms with Gasteiger partial charge in [-0.25, -0.2) is 4.79 Å². The Bertz CT molecular complexity index is 472. The molecule has 0 aliphatic heterocycles. The topological polar surface area (TPSA) is 64.8 Å². The molecular weight excluding hydrogens is 256 g/mol. The standard InChI is InChI=1S/C15H24N2O3/c1-10(2)20-7-6-17(4)12-8-11(3)14(16)13(9-12)15(18)19-5/h8-10H,6-7,16H2,1-5H3. The van der Waals surface area contributed by atoms with Crippen molar-refractivity contribution in [3.8, 4) is 0 Å². The number of nitrogens with zero attached hydrogens (tertiary/aromatic N) is 1. The van der Waals surface area contributed by atoms with Gasteiger partial charge in [-0.1, -0.05) is 0 Å². The molecular formula is C15H24N2O3. The molecule has 0 amide bonds. The zero-order chi connectivity index (χ0) is 15.3. The zero-order valence-corrected chi connectivity index (χ0v) is 12.9. The predicted molar refractivity (Wildman–Crippen MR) is 81.3 cm³/mol. The normalized spacial score (nSPS) is 10.7. The summed E-state index contributed by atoms with van der Waals surface area (Å²) in [5, 5.41) is 0. The van der Waals surface area contributed by atoms with Crippen LogP contribution in [0, 0.1) is 6.92 Å². The summed E-state index contributed by atoms with van der Waals surface area (Å²) in [6.45, 7) is 7.25. The molecule has 1 rings (SSSR count). The van der Waals surface area contributed by atoms with Crippen molar-refractivity contribution in [1.29, 1.82) is 0 Å². The molecule has 1 aromatic rings. The number of anilines is 2. The molecule has 2 N–H and O–H groups in total. The summed E-state index contributed by atoms with van der Waals surface area (Å²) in [5.74, 6) is -0.417. The van der Waals surface area contributed by atoms with Crippen molar-refractivity contribution in [1.82, 2.24) is 0 Å². The van der Waals surface area contributed by atoms with E-state index in [1.54, 1.807) is 6.07 Å². The lowest BCUT2D eigenvalue weighted by atomic mass is 10.1. The van der Waals surface area contributed by atoms with Gasteiger partial charge in [-0.3, -0.25) is 0 Å². The summed E-state index contributed by atoms with van der Waals surface area (Å²) in [4.78, 5) is 13.7. The Morgan fingerprint density at radius 2 is 2.05 bits per heavy atom. The van der Waals surface area contributed by atoms with Gasteiger partial charge in [0, 0.05) is 25.0 Å². The van der Waals surface area contributed by atoms with Crippen molar-refractivity contribution in [3.05, 3.63) is 23.3 Å². The molecule has 0 bridgehead atoms. The molecule has 0 aliphatic carbocycles. The minimum Gasteiger partial charge on any atom is -0.465 e. The van der Waals surface area contributed by atoms with E-state index in [1.807, 2.05) is 38.8 Å². The summed E-state index contributed by atoms with van der Waals surface area (Å²) in [6.07, 6.45) is 0.210. The van der Waals surface area contributed by atoms with Gasteiger partial charge in [0.25, 0.3) is 0 Å². The number of esters is 1. The van der Waals surface area contributed by atoms with Crippen LogP contribution in [0.15, 0.2) is 12.1 Å². The van der Waals surface area contributed by atoms with Gasteiger partial charge in [-0.15, -0.1) is 0 Å². The van der Waals surface area contributed by atoms with Crippen LogP contribution in [0.2, 0.25) is 0 Å². The molecule has 1 aromatic carbocycles. The number of nitrogen functional groups attached to an aromatic ring is 1. The highest BCUT2D eigenvalue weighted by atomic mass is 16.5. The first-order valence-corrected chi connectivity index (χ1v) is 6.68. The number of aryl methyl sites for hydroxylation is 1. The molecule has 20 heavy (non-hydrogen) atoms. The van der Waals surface area contributed by atoms with E-state index < -0.39 is 5.97 Å². The van der Waals surface area contributed by atoms with E-state index in [0.717, 1.165) is 17.8 Å². The summed E-state index contributed by atoms with van der Waals surface area (Å²) in [7, 11) is 3.31. The first-order valence-electron chi connectivity index (χ1n) is 6.68. The smallest absolute Gasteiger partial charge is 0.340 e. The fraction of sp³-hybridized carbons (Fsp3) is 0.533. The fourth-order valence-corrected chi connectivity index (χ4v) is 1.83. The SMILES string of the molecule is COC(=O)c1cc(N(C)CCOC(C)C)cc(C)c1N. The fourth-order valence-electron chi connectivity index (χ4n) is 1.83. The van der Waals surface area contributed by atoms with E-state index in [4.69, 9.17) is 15.2 Å². The van der Waals surface area contributed by atoms with Crippen LogP contribution in [-0.2, 0) is 9.47 Å². The van der Waals surface area contributed by atoms with Crippen molar-refractivity contribution >= 4 is 17.3 Å². The number of ether oxygens (including phenoxy) is 2. The number of benzene rings is 1. The number of likely N-dealkylation sites (N-methyl/N-ethyl adjacent to an activating group) is 1. The Morgan fingerprint density at radius 1 is 1.40 bits per heavy atom. The Balaban J connectivity index is 2.90. The first kappa shape index (κ1) is 16.3. The highest BCUT2D eigenvalue weighted by molar-refractivity contribution is 5.97. The number of hydrogen-bond donors (Lipinski definition) is 1. The zero-order valence-electron chi connectivity index (χ0n) is 12.9. The van der Waals surface area contributed by atoms with Crippen molar-refractivity contribution in [2.24, 2.45) is 0 Å². The monoisotopic (exact) mass is 280 g/mol. The van der Waals surface area contributed by atoms with Gasteiger partial charge >= 0.3 is 5.97 Å². The average Bonchev–Trinajstić information content (AvgIpc) is 2.40. The minimum atomic E-state index is -0.417. The number of rotatable bonds is 6. The molecule has 5 heteroatoms. The van der Waals surface area contributed by atoms with Crippen LogP contribution in [0.4, 0.5) is 11.4 Å². The molecule has 0 fully saturated rings. The molecule has 5 nitrogen and oxygen atoms in total. The van der Waals surface area contributed by atoms with Gasteiger partial charge in [0.15, 0.2) is 0 Å². The van der Waals surface area contributed by atoms with Gasteiger partial charge in [0.1, 0.15) is 0 Å². The lowest BCUT2D eigenvalue weighted by Crippen LogP contribution is -2.24. The van der Waals surface area contributed by atoms with E-state index in [0.29, 0.717) is 17.9 Å². The number of nitrogens with two attached hydrogens (primary N) is 1. The number of carbonyl (C=O) groups excluding carboxylic acids is 1. The van der Waals surface area contributed by atoms with Crippen LogP contribution in [0.1, 0.15) is 29.8 Å². The Labute approximate surface area is 120 Å². The quantitative estimate of drug-likeness (QED) is 0.639. The average molecular weight is 280 g/mol. The van der Waals surface area contributed by atoms with E-state index in [-0.39, 0.29) is 6.10 Å². The van der Waals surface area contributed by atoms with Crippen LogP contribution < -0.4 is 10.6 Å². The summed E-state index contributed by atoms with van der Waals surface area (Å²) in [6, 6.07) is 3.71. The van der Waals surface area contributed by atoms with Gasteiger partial charge in [-0.05, 0) is 38.5 Å². The molecule has 0 aromatic heterocycles. The van der Waals surface area contributed by atoms with E-state index >= 15 is 0 Å². The Morgan fingerprint density at radius 3 is 2.60 bits per heavy atom. The number of hydrogen-bond acceptors (Lipinski definition) is 5. The van der Waals surface area contributed by atoms with Crippen LogP contribution in [0.3, 0.4) is 0 Å². The van der Waals surface area contributed by atoms with Crippen LogP contribution in [0.5, 0.6) is 0 Å². The maximum Gasteiger partial charge on any atom is 0.340 e. The number of carbonyl (C=O) groups is 1. The third kappa shape index (κ3) is 4.13. The second-order valence-electron chi connectivity index (χ2n) is 5.06. The molecule has 0 radical (unpaired) electrons. The molecule has 112 valence electrons. The van der Waals surface area contributed by atoms with E-state index in [9.17, 15) is 4.79 Å². The Kier molecular flexibility index (Phi) is 5.82. The second kappa shape index (κ2) is 7.14. The van der Waals surface area contributed by atoms with Gasteiger partial charge in [0.05, 0.1) is 25.4 Å². The lowest BCUT2D eigenvalue weighted by Gasteiger charge is -2.22. The van der Waals surface area contributed by atoms with Crippen LogP contribution >= 0.6 is 0 Å². The van der Waals surface area contributed by atoms with Crippen molar-refractivity contribution in [3.63, 3.8) is 0 Å². The molecule has 0 saturated heterocycles. The predicted octanol–water partition coefficient (Wildman–Crippen LogP) is 2.23. The Hall–Kier alpha value is -1.75. The highest BCUT2D eigenvalue weighted by Gasteiger charge is 2.15. The molecule has 0 heterocycles. The van der Waals surface area contributed by atoms with Crippen molar-refractivity contribution in [2.75, 3.05) is 37.9 Å². The molecule has 0 aliphatic rings. The lowest BCUT2D eigenvalue weighted by molar-refractivity contribution is 0.0602. The molecule has 0 spiro atoms. The third-order valence-corrected chi connectivity index (χ3v) is 3.10. The maximum atomic E-state index is 11.7. The van der Waals surface area contributed by atoms with Crippen molar-refractivity contribution in [2.45, 2.75) is 26.9 Å². The van der Waals surface area contributed by atoms with E-state index in [1.165, 1.54) is 7.11 Å². The molecule has 0 unspecified atom stereocenters. The molecule has 0 atom stereocenters. The summed E-state index contributed by atoms with van der Waals surface area (Å²) in [5.41, 5.74) is 8.57. The number of methoxy groups -OCH3 is 1. The third-order valence-electron chi connectivity index (χ3n) is 3.10. The summed E-state index contributed by atoms with van der Waals surface area (Å²) >= 11 is 0. The van der Waals surface area contributed by atoms with E-state index in [2.05, 4.69) is 0 Å². The van der Waals surface area contributed by atoms with Crippen LogP contribution in [-0.4, -0.2) is 39.4 Å². The first-order chi connectivity index (χ1) is 9.36.